The van der Waals surface area contributed by atoms with Gasteiger partial charge in [0.25, 0.3) is 0 Å². The van der Waals surface area contributed by atoms with E-state index in [1.54, 1.807) is 0 Å². The zero-order chi connectivity index (χ0) is 71.1. The Labute approximate surface area is 545 Å². The predicted molar refractivity (Wildman–Crippen MR) is 359 cm³/mol. The maximum atomic E-state index is 14.8. The minimum Gasteiger partial charge on any atom is -0.370 e. The minimum atomic E-state index is -1.52. The number of carbonyl (C=O) groups is 9. The standard InChI is InChI=1S/C52H105N33O9/c1-28(86)29(11-3-19-70-45(53)54)79-39(89)31(13-5-21-72-47(57)58)81-41(91)33(15-7-23-74-49(61)62)83-43(93)35(17-9-25-76-51(65)66)85-44(94)36(18-10-26-77-52(67)68)84-42(92)34(16-8-24-75-50(63)64)82-40(90)32(14-6-22-73-48(59)60)80-38(88)30(78-37(87)27-69-2)12-4-20-71-46(55)56/h29-36,69H,3-27H2,1-2H3,(H,78,87)(H,79,89)(H,80,88)(H,81,91)(H,82,90)(H,83,93)(H,84,92)(H,85,94)(H4,53,54,70)(H4,55,56,71)(H4,57,58,72)(H4,59,60,73)(H4,61,62,74)(H4,63,64,75)(H4,65,66,76)(H4,67,68,77)/t29-,30-,31-,32-,33-,34-,35-,36-/m1/s1. The van der Waals surface area contributed by atoms with Gasteiger partial charge in [0.2, 0.25) is 47.3 Å². The number of ketones is 1. The molecule has 0 radical (unpaired) electrons. The van der Waals surface area contributed by atoms with Gasteiger partial charge in [-0.05, 0) is 117 Å². The third kappa shape index (κ3) is 41.8. The Morgan fingerprint density at radius 2 is 0.404 bits per heavy atom. The van der Waals surface area contributed by atoms with E-state index in [1.165, 1.54) is 14.0 Å². The van der Waals surface area contributed by atoms with Crippen LogP contribution in [0.5, 0.6) is 0 Å². The first kappa shape index (κ1) is 83.5. The fourth-order valence-electron chi connectivity index (χ4n) is 8.60. The van der Waals surface area contributed by atoms with E-state index < -0.39 is 101 Å². The number of nitrogens with zero attached hydrogens (tertiary/aromatic N) is 8. The van der Waals surface area contributed by atoms with Gasteiger partial charge in [-0.3, -0.25) is 83.1 Å². The number of hydrogen-bond donors (Lipinski definition) is 25. The zero-order valence-electron chi connectivity index (χ0n) is 53.8. The van der Waals surface area contributed by atoms with E-state index in [-0.39, 0.29) is 203 Å². The second-order valence-electron chi connectivity index (χ2n) is 21.3. The quantitative estimate of drug-likeness (QED) is 0.0153. The third-order valence-electron chi connectivity index (χ3n) is 13.2. The number of hydrogen-bond acceptors (Lipinski definition) is 18. The molecule has 42 nitrogen and oxygen atoms in total. The first-order valence-corrected chi connectivity index (χ1v) is 30.4. The smallest absolute Gasteiger partial charge is 0.243 e. The van der Waals surface area contributed by atoms with Gasteiger partial charge in [-0.25, -0.2) is 0 Å². The molecule has 0 aliphatic heterocycles. The fraction of sp³-hybridized carbons (Fsp3) is 0.673. The van der Waals surface area contributed by atoms with Crippen LogP contribution in [0, 0.1) is 0 Å². The monoisotopic (exact) mass is 1340 g/mol. The summed E-state index contributed by atoms with van der Waals surface area (Å²) in [7, 11) is 1.52. The van der Waals surface area contributed by atoms with Crippen LogP contribution in [0.15, 0.2) is 39.9 Å². The van der Waals surface area contributed by atoms with Crippen LogP contribution >= 0.6 is 0 Å². The van der Waals surface area contributed by atoms with Gasteiger partial charge in [0.1, 0.15) is 42.3 Å². The minimum absolute atomic E-state index is 0.0130. The van der Waals surface area contributed by atoms with Gasteiger partial charge in [-0.15, -0.1) is 0 Å². The second-order valence-corrected chi connectivity index (χ2v) is 21.3. The van der Waals surface area contributed by atoms with Crippen molar-refractivity contribution in [3.8, 4) is 0 Å². The van der Waals surface area contributed by atoms with Crippen LogP contribution in [-0.2, 0) is 43.2 Å². The first-order valence-electron chi connectivity index (χ1n) is 30.4. The molecular formula is C52H105N33O9. The average Bonchev–Trinajstić information content (AvgIpc) is 0.918. The summed E-state index contributed by atoms with van der Waals surface area (Å²) in [5.74, 6) is -9.05. The molecule has 0 aliphatic carbocycles. The van der Waals surface area contributed by atoms with Gasteiger partial charge >= 0.3 is 0 Å². The summed E-state index contributed by atoms with van der Waals surface area (Å²) in [5.41, 5.74) is 88.6. The van der Waals surface area contributed by atoms with E-state index in [1.807, 2.05) is 0 Å². The maximum Gasteiger partial charge on any atom is 0.243 e. The molecular weight excluding hydrogens is 1230 g/mol. The number of rotatable bonds is 50. The van der Waals surface area contributed by atoms with Gasteiger partial charge in [0.15, 0.2) is 53.5 Å². The number of likely N-dealkylation sites (N-methyl/N-ethyl adjacent to an activating group) is 1. The molecule has 0 bridgehead atoms. The molecule has 0 aromatic rings. The van der Waals surface area contributed by atoms with Crippen molar-refractivity contribution in [1.82, 2.24) is 47.9 Å². The van der Waals surface area contributed by atoms with Crippen LogP contribution in [0.1, 0.15) is 110 Å². The lowest BCUT2D eigenvalue weighted by Gasteiger charge is -2.28. The van der Waals surface area contributed by atoms with Gasteiger partial charge in [0.05, 0.1) is 12.6 Å². The Kier molecular flexibility index (Phi) is 43.0. The molecule has 0 rings (SSSR count). The van der Waals surface area contributed by atoms with Gasteiger partial charge in [0, 0.05) is 52.4 Å². The number of amides is 8. The molecule has 42 heteroatoms. The van der Waals surface area contributed by atoms with Crippen molar-refractivity contribution in [2.75, 3.05) is 66.0 Å². The van der Waals surface area contributed by atoms with E-state index in [0.717, 1.165) is 0 Å². The summed E-state index contributed by atoms with van der Waals surface area (Å²) >= 11 is 0. The molecule has 8 amide bonds. The lowest BCUT2D eigenvalue weighted by molar-refractivity contribution is -0.136. The van der Waals surface area contributed by atoms with E-state index in [2.05, 4.69) is 87.8 Å². The highest BCUT2D eigenvalue weighted by molar-refractivity contribution is 5.98. The largest absolute Gasteiger partial charge is 0.370 e. The Hall–Kier alpha value is -10.4. The number of aliphatic imine (C=N–C) groups is 8. The highest BCUT2D eigenvalue weighted by atomic mass is 16.2. The molecule has 0 spiro atoms. The molecule has 0 aromatic carbocycles. The van der Waals surface area contributed by atoms with Crippen LogP contribution in [-0.4, -0.2) is 215 Å². The molecule has 0 unspecified atom stereocenters. The van der Waals surface area contributed by atoms with Crippen molar-refractivity contribution in [3.05, 3.63) is 0 Å². The number of nitrogens with two attached hydrogens (primary N) is 16. The Morgan fingerprint density at radius 3 is 0.553 bits per heavy atom. The Bertz CT molecular complexity index is 2630. The van der Waals surface area contributed by atoms with E-state index >= 15 is 0 Å². The van der Waals surface area contributed by atoms with Crippen molar-refractivity contribution in [2.45, 2.75) is 158 Å². The summed E-state index contributed by atoms with van der Waals surface area (Å²) in [4.78, 5) is 158. The zero-order valence-corrected chi connectivity index (χ0v) is 53.8. The first-order chi connectivity index (χ1) is 44.4. The van der Waals surface area contributed by atoms with Crippen LogP contribution in [0.3, 0.4) is 0 Å². The maximum absolute atomic E-state index is 14.8. The predicted octanol–water partition coefficient (Wildman–Crippen LogP) is -11.9. The number of guanidine groups is 8. The van der Waals surface area contributed by atoms with Gasteiger partial charge in [-0.1, -0.05) is 0 Å². The van der Waals surface area contributed by atoms with E-state index in [0.29, 0.717) is 6.42 Å². The van der Waals surface area contributed by atoms with Crippen molar-refractivity contribution in [2.24, 2.45) is 132 Å². The van der Waals surface area contributed by atoms with Crippen molar-refractivity contribution < 1.29 is 43.2 Å². The highest BCUT2D eigenvalue weighted by Crippen LogP contribution is 2.12. The average molecular weight is 1340 g/mol. The lowest BCUT2D eigenvalue weighted by Crippen LogP contribution is -2.60. The summed E-state index contributed by atoms with van der Waals surface area (Å²) in [6.07, 6.45) is 0.315. The van der Waals surface area contributed by atoms with E-state index in [9.17, 15) is 43.2 Å². The van der Waals surface area contributed by atoms with Crippen LogP contribution < -0.4 is 140 Å². The second kappa shape index (κ2) is 48.4. The number of carbonyl (C=O) groups excluding carboxylic acids is 9. The lowest BCUT2D eigenvalue weighted by atomic mass is 10.0. The van der Waals surface area contributed by atoms with Crippen molar-refractivity contribution in [1.29, 1.82) is 0 Å². The Balaban J connectivity index is 7.67. The molecule has 0 heterocycles. The van der Waals surface area contributed by atoms with Gasteiger partial charge < -0.3 is 140 Å². The van der Waals surface area contributed by atoms with Crippen molar-refractivity contribution >= 4 is 101 Å². The molecule has 0 saturated heterocycles. The van der Waals surface area contributed by atoms with Crippen LogP contribution in [0.2, 0.25) is 0 Å². The van der Waals surface area contributed by atoms with Gasteiger partial charge in [-0.2, -0.15) is 0 Å². The Morgan fingerprint density at radius 1 is 0.255 bits per heavy atom. The highest BCUT2D eigenvalue weighted by Gasteiger charge is 2.35. The molecule has 41 N–H and O–H groups in total. The SMILES string of the molecule is CNCC(=O)N[C@H](CCCN=C(N)N)C(=O)N[C@H](CCCN=C(N)N)C(=O)N[C@H](CCCN=C(N)N)C(=O)N[C@H](CCCN=C(N)N)C(=O)N[C@H](CCCN=C(N)N)C(=O)N[C@H](CCCN=C(N)N)C(=O)N[C@H](CCCN=C(N)N)C(=O)N[C@H](CCCN=C(N)N)C(C)=O. The van der Waals surface area contributed by atoms with Crippen molar-refractivity contribution in [3.63, 3.8) is 0 Å². The van der Waals surface area contributed by atoms with Crippen LogP contribution in [0.4, 0.5) is 0 Å². The van der Waals surface area contributed by atoms with Crippen LogP contribution in [0.25, 0.3) is 0 Å². The fourth-order valence-corrected chi connectivity index (χ4v) is 8.60. The molecule has 94 heavy (non-hydrogen) atoms. The van der Waals surface area contributed by atoms with E-state index in [4.69, 9.17) is 91.7 Å². The normalized spacial score (nSPS) is 13.1. The molecule has 0 aromatic heterocycles. The topological polar surface area (TPSA) is 777 Å². The number of nitrogens with one attached hydrogen (secondary N) is 9. The summed E-state index contributed by atoms with van der Waals surface area (Å²) in [6.45, 7) is 1.27. The number of Topliss-reactive ketones (excluding diaryl/α,β-unsaturated/α-hetero) is 1. The molecule has 8 atom stereocenters. The summed E-state index contributed by atoms with van der Waals surface area (Å²) in [6, 6.07) is -11.0. The molecule has 0 aliphatic rings. The molecule has 0 saturated carbocycles. The molecule has 532 valence electrons. The summed E-state index contributed by atoms with van der Waals surface area (Å²) < 4.78 is 0. The summed E-state index contributed by atoms with van der Waals surface area (Å²) in [5, 5.41) is 24.0. The third-order valence-corrected chi connectivity index (χ3v) is 13.2. The molecule has 0 fully saturated rings.